The molecule has 1 aliphatic heterocycles. The van der Waals surface area contributed by atoms with Crippen molar-refractivity contribution in [2.45, 2.75) is 44.7 Å². The molecule has 0 saturated carbocycles. The second-order valence-corrected chi connectivity index (χ2v) is 12.4. The van der Waals surface area contributed by atoms with Gasteiger partial charge in [-0.3, -0.25) is 9.69 Å². The standard InChI is InChI=1S/C34H40N4O4S/c1-23(2)17-31(32(39)41-3)38-21-35-33(36-22-38)43-20-25(18-24-11-5-4-6-12-24)37-34(40)42-19-30-28-15-9-7-13-26(28)27-14-8-10-16-29(27)30/h4-16,23,25,30-31H,17-22H2,1-3H3,(H,35,36)(H,37,40)/t25-,31-/m0/s1. The molecule has 0 fully saturated rings. The van der Waals surface area contributed by atoms with Crippen molar-refractivity contribution in [2.24, 2.45) is 10.9 Å². The Hall–Kier alpha value is -3.82. The number of nitrogens with zero attached hydrogens (tertiary/aromatic N) is 2. The number of nitrogens with one attached hydrogen (secondary N) is 2. The molecule has 0 aromatic heterocycles. The number of amides is 1. The fourth-order valence-corrected chi connectivity index (χ4v) is 6.62. The average molecular weight is 601 g/mol. The number of carbonyl (C=O) groups excluding carboxylic acids is 2. The van der Waals surface area contributed by atoms with E-state index in [0.29, 0.717) is 37.8 Å². The Bertz CT molecular complexity index is 1390. The summed E-state index contributed by atoms with van der Waals surface area (Å²) in [4.78, 5) is 32.2. The molecule has 2 N–H and O–H groups in total. The third-order valence-electron chi connectivity index (χ3n) is 7.85. The van der Waals surface area contributed by atoms with Gasteiger partial charge < -0.3 is 20.1 Å². The molecular weight excluding hydrogens is 560 g/mol. The Balaban J connectivity index is 1.20. The minimum Gasteiger partial charge on any atom is -0.468 e. The number of rotatable bonds is 11. The van der Waals surface area contributed by atoms with E-state index >= 15 is 0 Å². The van der Waals surface area contributed by atoms with E-state index in [1.54, 1.807) is 11.8 Å². The van der Waals surface area contributed by atoms with Gasteiger partial charge in [-0.15, -0.1) is 0 Å². The summed E-state index contributed by atoms with van der Waals surface area (Å²) >= 11 is 1.56. The zero-order valence-corrected chi connectivity index (χ0v) is 25.8. The predicted octanol–water partition coefficient (Wildman–Crippen LogP) is 5.63. The van der Waals surface area contributed by atoms with Crippen molar-refractivity contribution in [3.63, 3.8) is 0 Å². The number of thioether (sulfide) groups is 1. The van der Waals surface area contributed by atoms with Gasteiger partial charge in [0.05, 0.1) is 20.4 Å². The normalized spacial score (nSPS) is 16.0. The Kier molecular flexibility index (Phi) is 10.4. The lowest BCUT2D eigenvalue weighted by Gasteiger charge is -2.33. The van der Waals surface area contributed by atoms with Crippen molar-refractivity contribution in [1.82, 2.24) is 15.5 Å². The molecule has 3 aromatic carbocycles. The smallest absolute Gasteiger partial charge is 0.407 e. The summed E-state index contributed by atoms with van der Waals surface area (Å²) in [6, 6.07) is 26.3. The minimum atomic E-state index is -0.428. The summed E-state index contributed by atoms with van der Waals surface area (Å²) < 4.78 is 10.9. The molecule has 1 heterocycles. The fraction of sp³-hybridized carbons (Fsp3) is 0.382. The summed E-state index contributed by atoms with van der Waals surface area (Å²) in [5, 5.41) is 7.24. The van der Waals surface area contributed by atoms with Crippen LogP contribution in [0.4, 0.5) is 4.79 Å². The number of esters is 1. The molecule has 1 aliphatic carbocycles. The van der Waals surface area contributed by atoms with Gasteiger partial charge in [0.15, 0.2) is 5.17 Å². The Morgan fingerprint density at radius 1 is 1.00 bits per heavy atom. The first-order valence-electron chi connectivity index (χ1n) is 14.8. The monoisotopic (exact) mass is 600 g/mol. The van der Waals surface area contributed by atoms with Crippen LogP contribution in [0.5, 0.6) is 0 Å². The van der Waals surface area contributed by atoms with Crippen LogP contribution in [0.1, 0.15) is 42.9 Å². The highest BCUT2D eigenvalue weighted by Crippen LogP contribution is 2.44. The molecule has 43 heavy (non-hydrogen) atoms. The number of alkyl carbamates (subject to hydrolysis) is 1. The predicted molar refractivity (Wildman–Crippen MR) is 172 cm³/mol. The maximum absolute atomic E-state index is 13.1. The highest BCUT2D eigenvalue weighted by molar-refractivity contribution is 8.13. The van der Waals surface area contributed by atoms with Crippen LogP contribution in [-0.2, 0) is 20.7 Å². The maximum Gasteiger partial charge on any atom is 0.407 e. The zero-order chi connectivity index (χ0) is 30.2. The van der Waals surface area contributed by atoms with Gasteiger partial charge in [-0.05, 0) is 46.6 Å². The van der Waals surface area contributed by atoms with Gasteiger partial charge in [0.2, 0.25) is 0 Å². The second-order valence-electron chi connectivity index (χ2n) is 11.4. The van der Waals surface area contributed by atoms with Gasteiger partial charge in [-0.25, -0.2) is 9.79 Å². The number of methoxy groups -OCH3 is 1. The molecule has 2 aliphatic rings. The Morgan fingerprint density at radius 3 is 2.26 bits per heavy atom. The molecule has 0 unspecified atom stereocenters. The summed E-state index contributed by atoms with van der Waals surface area (Å²) in [5.74, 6) is 0.731. The van der Waals surface area contributed by atoms with Gasteiger partial charge in [-0.2, -0.15) is 0 Å². The zero-order valence-electron chi connectivity index (χ0n) is 25.0. The molecule has 3 aromatic rings. The van der Waals surface area contributed by atoms with Crippen molar-refractivity contribution in [1.29, 1.82) is 0 Å². The van der Waals surface area contributed by atoms with E-state index < -0.39 is 6.09 Å². The Labute approximate surface area is 258 Å². The molecule has 8 nitrogen and oxygen atoms in total. The summed E-state index contributed by atoms with van der Waals surface area (Å²) in [6.07, 6.45) is 0.939. The van der Waals surface area contributed by atoms with E-state index in [0.717, 1.165) is 10.7 Å². The van der Waals surface area contributed by atoms with Crippen molar-refractivity contribution in [2.75, 3.05) is 32.8 Å². The number of hydrogen-bond acceptors (Lipinski definition) is 8. The van der Waals surface area contributed by atoms with E-state index in [4.69, 9.17) is 9.47 Å². The molecule has 9 heteroatoms. The highest BCUT2D eigenvalue weighted by atomic mass is 32.2. The number of amidine groups is 1. The van der Waals surface area contributed by atoms with E-state index in [1.165, 1.54) is 29.4 Å². The van der Waals surface area contributed by atoms with Crippen LogP contribution < -0.4 is 10.6 Å². The van der Waals surface area contributed by atoms with Crippen molar-refractivity contribution < 1.29 is 19.1 Å². The average Bonchev–Trinajstić information content (AvgIpc) is 3.35. The van der Waals surface area contributed by atoms with Crippen LogP contribution in [0.25, 0.3) is 11.1 Å². The number of hydrogen-bond donors (Lipinski definition) is 2. The van der Waals surface area contributed by atoms with Crippen LogP contribution >= 0.6 is 11.8 Å². The lowest BCUT2D eigenvalue weighted by atomic mass is 9.98. The first-order valence-corrected chi connectivity index (χ1v) is 15.8. The third kappa shape index (κ3) is 7.77. The van der Waals surface area contributed by atoms with E-state index in [9.17, 15) is 9.59 Å². The van der Waals surface area contributed by atoms with Crippen LogP contribution in [0, 0.1) is 5.92 Å². The molecule has 0 saturated heterocycles. The van der Waals surface area contributed by atoms with Crippen LogP contribution in [0.3, 0.4) is 0 Å². The minimum absolute atomic E-state index is 0.00773. The number of carbonyl (C=O) groups is 2. The Morgan fingerprint density at radius 2 is 1.65 bits per heavy atom. The number of benzene rings is 3. The topological polar surface area (TPSA) is 92.3 Å². The number of aliphatic imine (C=N–C) groups is 1. The fourth-order valence-electron chi connectivity index (χ4n) is 5.75. The van der Waals surface area contributed by atoms with Gasteiger partial charge in [0.1, 0.15) is 12.6 Å². The molecule has 1 amide bonds. The second kappa shape index (κ2) is 14.6. The lowest BCUT2D eigenvalue weighted by molar-refractivity contribution is -0.147. The summed E-state index contributed by atoms with van der Waals surface area (Å²) in [5.41, 5.74) is 5.91. The third-order valence-corrected chi connectivity index (χ3v) is 8.97. The van der Waals surface area contributed by atoms with Crippen LogP contribution in [-0.4, -0.2) is 67.0 Å². The molecule has 0 bridgehead atoms. The highest BCUT2D eigenvalue weighted by Gasteiger charge is 2.31. The molecule has 0 spiro atoms. The molecule has 2 atom stereocenters. The molecule has 226 valence electrons. The van der Waals surface area contributed by atoms with Gasteiger partial charge in [0.25, 0.3) is 0 Å². The van der Waals surface area contributed by atoms with Crippen molar-refractivity contribution >= 4 is 29.0 Å². The van der Waals surface area contributed by atoms with Gasteiger partial charge in [0, 0.05) is 17.7 Å². The number of ether oxygens (including phenoxy) is 2. The molecular formula is C34H40N4O4S. The van der Waals surface area contributed by atoms with Crippen molar-refractivity contribution in [3.05, 3.63) is 95.6 Å². The quantitative estimate of drug-likeness (QED) is 0.276. The van der Waals surface area contributed by atoms with E-state index in [1.807, 2.05) is 47.4 Å². The first kappa shape index (κ1) is 30.6. The van der Waals surface area contributed by atoms with E-state index in [2.05, 4.69) is 65.9 Å². The van der Waals surface area contributed by atoms with Crippen molar-refractivity contribution in [3.8, 4) is 11.1 Å². The lowest BCUT2D eigenvalue weighted by Crippen LogP contribution is -2.51. The largest absolute Gasteiger partial charge is 0.468 e. The molecule has 5 rings (SSSR count). The maximum atomic E-state index is 13.1. The summed E-state index contributed by atoms with van der Waals surface area (Å²) in [7, 11) is 1.42. The SMILES string of the molecule is COC(=O)[C@H](CC(C)C)N1CN=C(SC[C@H](Cc2ccccc2)NC(=O)OCC2c3ccccc3-c3ccccc32)NC1. The molecule has 0 radical (unpaired) electrons. The van der Waals surface area contributed by atoms with Crippen LogP contribution in [0.2, 0.25) is 0 Å². The number of fused-ring (bicyclic) bond motifs is 3. The van der Waals surface area contributed by atoms with Gasteiger partial charge >= 0.3 is 12.1 Å². The summed E-state index contributed by atoms with van der Waals surface area (Å²) in [6.45, 7) is 5.36. The van der Waals surface area contributed by atoms with E-state index in [-0.39, 0.29) is 30.6 Å². The van der Waals surface area contributed by atoms with Gasteiger partial charge in [-0.1, -0.05) is 104 Å². The van der Waals surface area contributed by atoms with Crippen LogP contribution in [0.15, 0.2) is 83.9 Å². The first-order chi connectivity index (χ1) is 20.9.